The van der Waals surface area contributed by atoms with Gasteiger partial charge in [0.05, 0.1) is 32.2 Å². The first-order valence-electron chi connectivity index (χ1n) is 30.2. The van der Waals surface area contributed by atoms with Crippen molar-refractivity contribution in [1.29, 1.82) is 0 Å². The lowest BCUT2D eigenvalue weighted by atomic mass is 10.1. The molecular formula is C55H80N14O15. The van der Waals surface area contributed by atoms with Crippen LogP contribution in [-0.4, -0.2) is 273 Å². The van der Waals surface area contributed by atoms with Gasteiger partial charge in [-0.1, -0.05) is 0 Å². The standard InChI is InChI=1S/C55H80N14O15/c70-42(28-57-47(76)33-10-1-19-56-33)62-20-6-15-38(62)52(81)66-24-2-11-34(66)48(77)58-29-43(71)63-21-7-16-39(63)53(82)67-25-3-12-35(67)49(78)59-30-44(72)64-22-8-17-40(64)54(83)68-26-4-13-36(68)50(79)60-31-45(73)65-23-9-18-41(65)55(84)69-27-5-14-37(69)51(80)61-32-46(74)75/h33-41,56H,1-32H2,(H,57,76)(H,58,77)(H,59,78)(H,60,79)(H,61,80)(H,74,75)/t33-,34-,35-,36-,37-,38-,39-,40-,41-/m0/s1. The van der Waals surface area contributed by atoms with Crippen molar-refractivity contribution in [3.8, 4) is 0 Å². The fourth-order valence-corrected chi connectivity index (χ4v) is 14.0. The van der Waals surface area contributed by atoms with E-state index in [4.69, 9.17) is 5.11 Å². The van der Waals surface area contributed by atoms with Crippen LogP contribution >= 0.6 is 0 Å². The highest BCUT2D eigenvalue weighted by molar-refractivity contribution is 5.99. The molecule has 0 aromatic carbocycles. The molecule has 460 valence electrons. The maximum atomic E-state index is 14.2. The second-order valence-electron chi connectivity index (χ2n) is 23.4. The highest BCUT2D eigenvalue weighted by Crippen LogP contribution is 2.30. The Labute approximate surface area is 486 Å². The first-order valence-corrected chi connectivity index (χ1v) is 30.2. The van der Waals surface area contributed by atoms with Crippen molar-refractivity contribution >= 4 is 82.8 Å². The quantitative estimate of drug-likeness (QED) is 0.0639. The fourth-order valence-electron chi connectivity index (χ4n) is 14.0. The van der Waals surface area contributed by atoms with Gasteiger partial charge >= 0.3 is 5.97 Å². The monoisotopic (exact) mass is 1180 g/mol. The van der Waals surface area contributed by atoms with Crippen LogP contribution in [0.3, 0.4) is 0 Å². The summed E-state index contributed by atoms with van der Waals surface area (Å²) in [6.45, 7) is 0.678. The topological polar surface area (TPSA) is 357 Å². The minimum Gasteiger partial charge on any atom is -0.480 e. The molecule has 7 N–H and O–H groups in total. The van der Waals surface area contributed by atoms with Crippen LogP contribution in [-0.2, 0) is 67.1 Å². The van der Waals surface area contributed by atoms with Crippen molar-refractivity contribution in [1.82, 2.24) is 71.1 Å². The molecule has 84 heavy (non-hydrogen) atoms. The molecule has 9 fully saturated rings. The van der Waals surface area contributed by atoms with E-state index in [1.165, 1.54) is 39.2 Å². The number of carbonyl (C=O) groups excluding carboxylic acids is 13. The highest BCUT2D eigenvalue weighted by Gasteiger charge is 2.47. The molecule has 0 bridgehead atoms. The molecule has 0 spiro atoms. The minimum atomic E-state index is -1.22. The van der Waals surface area contributed by atoms with Crippen LogP contribution in [0.15, 0.2) is 0 Å². The second kappa shape index (κ2) is 27.5. The molecule has 9 aliphatic heterocycles. The van der Waals surface area contributed by atoms with Gasteiger partial charge in [0.1, 0.15) is 54.9 Å². The van der Waals surface area contributed by atoms with Gasteiger partial charge in [0.2, 0.25) is 76.8 Å². The van der Waals surface area contributed by atoms with Crippen molar-refractivity contribution in [2.75, 3.05) is 91.6 Å². The predicted octanol–water partition coefficient (Wildman–Crippen LogP) is -4.67. The fraction of sp³-hybridized carbons (Fsp3) is 0.745. The Bertz CT molecular complexity index is 2620. The lowest BCUT2D eigenvalue weighted by Gasteiger charge is -2.32. The lowest BCUT2D eigenvalue weighted by molar-refractivity contribution is -0.148. The maximum Gasteiger partial charge on any atom is 0.322 e. The Hall–Kier alpha value is -7.46. The molecule has 9 rings (SSSR count). The number of aliphatic carboxylic acids is 1. The molecule has 0 radical (unpaired) electrons. The SMILES string of the molecule is O=C(O)CNC(=O)[C@@H]1CCCN1C(=O)[C@@H]1CCCN1C(=O)CNC(=O)[C@@H]1CCCN1C(=O)[C@@H]1CCCN1C(=O)CNC(=O)[C@@H]1CCCN1C(=O)[C@@H]1CCCN1C(=O)CNC(=O)[C@@H]1CCCN1C(=O)[C@@H]1CCCN1C(=O)CNC(=O)[C@@H]1CCCN1. The van der Waals surface area contributed by atoms with Gasteiger partial charge in [0.25, 0.3) is 0 Å². The maximum absolute atomic E-state index is 14.2. The number of hydrogen-bond acceptors (Lipinski definition) is 15. The zero-order valence-electron chi connectivity index (χ0n) is 47.6. The minimum absolute atomic E-state index is 0.228. The van der Waals surface area contributed by atoms with Crippen LogP contribution in [0.25, 0.3) is 0 Å². The van der Waals surface area contributed by atoms with Crippen molar-refractivity contribution in [2.45, 2.75) is 170 Å². The third-order valence-corrected chi connectivity index (χ3v) is 18.2. The molecule has 0 saturated carbocycles. The molecule has 0 aromatic heterocycles. The first-order chi connectivity index (χ1) is 40.4. The zero-order valence-corrected chi connectivity index (χ0v) is 47.6. The Morgan fingerprint density at radius 1 is 0.298 bits per heavy atom. The van der Waals surface area contributed by atoms with Gasteiger partial charge in [-0.15, -0.1) is 0 Å². The molecule has 0 unspecified atom stereocenters. The average molecular weight is 1180 g/mol. The number of carboxylic acids is 1. The van der Waals surface area contributed by atoms with Gasteiger partial charge in [-0.3, -0.25) is 67.1 Å². The van der Waals surface area contributed by atoms with E-state index >= 15 is 0 Å². The van der Waals surface area contributed by atoms with Crippen LogP contribution < -0.4 is 31.9 Å². The summed E-state index contributed by atoms with van der Waals surface area (Å²) in [5, 5.41) is 25.1. The van der Waals surface area contributed by atoms with E-state index in [0.29, 0.717) is 122 Å². The number of rotatable bonds is 19. The van der Waals surface area contributed by atoms with Gasteiger partial charge in [-0.05, 0) is 122 Å². The highest BCUT2D eigenvalue weighted by atomic mass is 16.4. The summed E-state index contributed by atoms with van der Waals surface area (Å²) >= 11 is 0. The Kier molecular flexibility index (Phi) is 20.0. The van der Waals surface area contributed by atoms with Crippen molar-refractivity contribution < 1.29 is 72.2 Å². The largest absolute Gasteiger partial charge is 0.480 e. The predicted molar refractivity (Wildman–Crippen MR) is 292 cm³/mol. The number of hydrogen-bond donors (Lipinski definition) is 7. The second-order valence-corrected chi connectivity index (χ2v) is 23.4. The molecule has 9 aliphatic rings. The van der Waals surface area contributed by atoms with Gasteiger partial charge in [0.15, 0.2) is 0 Å². The van der Waals surface area contributed by atoms with E-state index in [9.17, 15) is 67.1 Å². The van der Waals surface area contributed by atoms with Crippen LogP contribution in [0.2, 0.25) is 0 Å². The van der Waals surface area contributed by atoms with Crippen LogP contribution in [0.5, 0.6) is 0 Å². The molecule has 9 atom stereocenters. The third-order valence-electron chi connectivity index (χ3n) is 18.2. The smallest absolute Gasteiger partial charge is 0.322 e. The van der Waals surface area contributed by atoms with Crippen LogP contribution in [0.4, 0.5) is 0 Å². The zero-order chi connectivity index (χ0) is 59.8. The normalized spacial score (nSPS) is 27.5. The van der Waals surface area contributed by atoms with E-state index < -0.39 is 140 Å². The number of likely N-dealkylation sites (tertiary alicyclic amines) is 8. The van der Waals surface area contributed by atoms with Crippen LogP contribution in [0, 0.1) is 0 Å². The molecule has 0 aromatic rings. The van der Waals surface area contributed by atoms with Gasteiger partial charge in [-0.2, -0.15) is 0 Å². The van der Waals surface area contributed by atoms with Gasteiger partial charge < -0.3 is 76.2 Å². The van der Waals surface area contributed by atoms with E-state index in [1.54, 1.807) is 0 Å². The first kappa shape index (κ1) is 61.1. The van der Waals surface area contributed by atoms with E-state index in [-0.39, 0.29) is 69.6 Å². The Morgan fingerprint density at radius 3 is 0.786 bits per heavy atom. The Balaban J connectivity index is 0.712. The van der Waals surface area contributed by atoms with Gasteiger partial charge in [-0.25, -0.2) is 0 Å². The molecule has 9 saturated heterocycles. The van der Waals surface area contributed by atoms with Crippen molar-refractivity contribution in [3.63, 3.8) is 0 Å². The van der Waals surface area contributed by atoms with Gasteiger partial charge in [0, 0.05) is 52.4 Å². The summed E-state index contributed by atoms with van der Waals surface area (Å²) < 4.78 is 0. The van der Waals surface area contributed by atoms with E-state index in [2.05, 4.69) is 31.9 Å². The number of nitrogens with one attached hydrogen (secondary N) is 6. The van der Waals surface area contributed by atoms with Crippen molar-refractivity contribution in [2.24, 2.45) is 0 Å². The number of nitrogens with zero attached hydrogens (tertiary/aromatic N) is 8. The summed E-state index contributed by atoms with van der Waals surface area (Å²) in [6, 6.07) is -7.38. The molecule has 13 amide bonds. The van der Waals surface area contributed by atoms with Crippen LogP contribution in [0.1, 0.15) is 116 Å². The summed E-state index contributed by atoms with van der Waals surface area (Å²) in [5.41, 5.74) is 0. The molecule has 9 heterocycles. The molecule has 29 heteroatoms. The third kappa shape index (κ3) is 13.5. The molecule has 0 aliphatic carbocycles. The summed E-state index contributed by atoms with van der Waals surface area (Å²) in [7, 11) is 0. The summed E-state index contributed by atoms with van der Waals surface area (Å²) in [5.74, 6) is -7.30. The number of carboxylic acid groups (broad SMARTS) is 1. The number of amides is 13. The summed E-state index contributed by atoms with van der Waals surface area (Å²) in [6.07, 6.45) is 8.46. The molecular weight excluding hydrogens is 1100 g/mol. The van der Waals surface area contributed by atoms with E-state index in [1.807, 2.05) is 0 Å². The Morgan fingerprint density at radius 2 is 0.536 bits per heavy atom. The summed E-state index contributed by atoms with van der Waals surface area (Å²) in [4.78, 5) is 199. The van der Waals surface area contributed by atoms with E-state index in [0.717, 1.165) is 13.0 Å². The van der Waals surface area contributed by atoms with Crippen molar-refractivity contribution in [3.05, 3.63) is 0 Å². The lowest BCUT2D eigenvalue weighted by Crippen LogP contribution is -2.56. The average Bonchev–Trinajstić information content (AvgIpc) is 4.52. The molecule has 29 nitrogen and oxygen atoms in total. The number of carbonyl (C=O) groups is 14.